The maximum Gasteiger partial charge on any atom is 0.267 e. The van der Waals surface area contributed by atoms with Crippen molar-refractivity contribution < 1.29 is 9.59 Å². The summed E-state index contributed by atoms with van der Waals surface area (Å²) in [6.07, 6.45) is 0. The third kappa shape index (κ3) is 3.92. The molecule has 0 aliphatic heterocycles. The first kappa shape index (κ1) is 17.1. The molecule has 5 nitrogen and oxygen atoms in total. The third-order valence-corrected chi connectivity index (χ3v) is 3.74. The second kappa shape index (κ2) is 6.86. The summed E-state index contributed by atoms with van der Waals surface area (Å²) in [5.74, 6) is 0.241. The number of carbonyl (C=O) groups excluding carboxylic acids is 2. The molecule has 1 aromatic heterocycles. The Morgan fingerprint density at radius 2 is 1.83 bits per heavy atom. The van der Waals surface area contributed by atoms with E-state index in [-0.39, 0.29) is 17.7 Å². The van der Waals surface area contributed by atoms with Crippen LogP contribution in [0.1, 0.15) is 38.2 Å². The van der Waals surface area contributed by atoms with Gasteiger partial charge in [-0.05, 0) is 30.2 Å². The van der Waals surface area contributed by atoms with Crippen molar-refractivity contribution in [3.8, 4) is 0 Å². The quantitative estimate of drug-likeness (QED) is 0.890. The predicted octanol–water partition coefficient (Wildman–Crippen LogP) is 3.16. The molecule has 124 valence electrons. The van der Waals surface area contributed by atoms with Crippen LogP contribution in [0.2, 0.25) is 0 Å². The van der Waals surface area contributed by atoms with E-state index in [1.165, 1.54) is 0 Å². The Morgan fingerprint density at radius 1 is 1.13 bits per heavy atom. The number of nitrogens with one attached hydrogen (secondary N) is 2. The lowest BCUT2D eigenvalue weighted by molar-refractivity contribution is -0.118. The number of carbonyl (C=O) groups is 2. The van der Waals surface area contributed by atoms with Crippen molar-refractivity contribution in [3.63, 3.8) is 0 Å². The van der Waals surface area contributed by atoms with Crippen LogP contribution in [0.15, 0.2) is 24.3 Å². The number of fused-ring (bicyclic) bond motifs is 1. The van der Waals surface area contributed by atoms with Crippen LogP contribution in [0, 0.1) is 11.8 Å². The molecule has 0 bridgehead atoms. The van der Waals surface area contributed by atoms with E-state index in [9.17, 15) is 9.59 Å². The molecule has 1 heterocycles. The smallest absolute Gasteiger partial charge is 0.267 e. The molecule has 0 fully saturated rings. The highest BCUT2D eigenvalue weighted by molar-refractivity contribution is 6.00. The average molecular weight is 315 g/mol. The Labute approximate surface area is 137 Å². The van der Waals surface area contributed by atoms with Crippen molar-refractivity contribution in [2.75, 3.05) is 11.9 Å². The molecule has 0 saturated carbocycles. The lowest BCUT2D eigenvalue weighted by Crippen LogP contribution is -2.28. The maximum atomic E-state index is 12.3. The van der Waals surface area contributed by atoms with Crippen LogP contribution in [0.25, 0.3) is 10.9 Å². The van der Waals surface area contributed by atoms with Crippen molar-refractivity contribution in [1.82, 2.24) is 9.88 Å². The molecular formula is C18H25N3O2. The molecule has 2 aromatic rings. The van der Waals surface area contributed by atoms with Gasteiger partial charge in [-0.2, -0.15) is 0 Å². The largest absolute Gasteiger partial charge is 0.351 e. The second-order valence-corrected chi connectivity index (χ2v) is 6.61. The van der Waals surface area contributed by atoms with Gasteiger partial charge in [-0.25, -0.2) is 0 Å². The number of aromatic nitrogens is 1. The summed E-state index contributed by atoms with van der Waals surface area (Å²) >= 11 is 0. The number of anilines is 1. The Morgan fingerprint density at radius 3 is 2.43 bits per heavy atom. The molecule has 0 atom stereocenters. The molecule has 2 amide bonds. The van der Waals surface area contributed by atoms with Crippen LogP contribution in [-0.4, -0.2) is 22.9 Å². The molecular weight excluding hydrogens is 290 g/mol. The molecule has 0 aliphatic rings. The summed E-state index contributed by atoms with van der Waals surface area (Å²) in [5.41, 5.74) is 2.33. The fraction of sp³-hybridized carbons (Fsp3) is 0.444. The van der Waals surface area contributed by atoms with E-state index in [1.54, 1.807) is 0 Å². The number of hydrogen-bond donors (Lipinski definition) is 2. The summed E-state index contributed by atoms with van der Waals surface area (Å²) in [5, 5.41) is 6.75. The van der Waals surface area contributed by atoms with Gasteiger partial charge in [-0.15, -0.1) is 0 Å². The molecule has 1 aromatic carbocycles. The van der Waals surface area contributed by atoms with Crippen LogP contribution in [0.5, 0.6) is 0 Å². The van der Waals surface area contributed by atoms with Crippen LogP contribution in [0.3, 0.4) is 0 Å². The highest BCUT2D eigenvalue weighted by Crippen LogP contribution is 2.23. The zero-order valence-electron chi connectivity index (χ0n) is 14.4. The zero-order chi connectivity index (χ0) is 17.1. The van der Waals surface area contributed by atoms with Gasteiger partial charge in [0.25, 0.3) is 5.91 Å². The average Bonchev–Trinajstić information content (AvgIpc) is 2.81. The highest BCUT2D eigenvalue weighted by Gasteiger charge is 2.14. The summed E-state index contributed by atoms with van der Waals surface area (Å²) in [7, 11) is 1.87. The first-order valence-electron chi connectivity index (χ1n) is 7.98. The molecule has 2 rings (SSSR count). The first-order chi connectivity index (χ1) is 10.8. The van der Waals surface area contributed by atoms with Gasteiger partial charge < -0.3 is 15.2 Å². The van der Waals surface area contributed by atoms with Gasteiger partial charge >= 0.3 is 0 Å². The number of amides is 2. The van der Waals surface area contributed by atoms with E-state index in [4.69, 9.17) is 0 Å². The molecule has 0 aliphatic carbocycles. The van der Waals surface area contributed by atoms with Crippen LogP contribution in [0.4, 0.5) is 5.69 Å². The lowest BCUT2D eigenvalue weighted by Gasteiger charge is -2.09. The van der Waals surface area contributed by atoms with E-state index in [2.05, 4.69) is 24.5 Å². The number of benzene rings is 1. The Balaban J connectivity index is 2.27. The van der Waals surface area contributed by atoms with Gasteiger partial charge in [-0.3, -0.25) is 9.59 Å². The van der Waals surface area contributed by atoms with Crippen LogP contribution in [-0.2, 0) is 11.8 Å². The van der Waals surface area contributed by atoms with Gasteiger partial charge in [0, 0.05) is 36.1 Å². The van der Waals surface area contributed by atoms with Crippen molar-refractivity contribution in [3.05, 3.63) is 30.0 Å². The van der Waals surface area contributed by atoms with Gasteiger partial charge in [-0.1, -0.05) is 27.7 Å². The molecule has 23 heavy (non-hydrogen) atoms. The summed E-state index contributed by atoms with van der Waals surface area (Å²) in [6.45, 7) is 8.48. The summed E-state index contributed by atoms with van der Waals surface area (Å²) in [6, 6.07) is 7.54. The van der Waals surface area contributed by atoms with Crippen molar-refractivity contribution >= 4 is 28.4 Å². The van der Waals surface area contributed by atoms with E-state index in [0.29, 0.717) is 18.2 Å². The monoisotopic (exact) mass is 315 g/mol. The van der Waals surface area contributed by atoms with Gasteiger partial charge in [0.1, 0.15) is 5.69 Å². The minimum atomic E-state index is -0.0786. The molecule has 0 radical (unpaired) electrons. The van der Waals surface area contributed by atoms with Crippen molar-refractivity contribution in [1.29, 1.82) is 0 Å². The lowest BCUT2D eigenvalue weighted by atomic mass is 10.2. The molecule has 0 unspecified atom stereocenters. The normalized spacial score (nSPS) is 11.3. The predicted molar refractivity (Wildman–Crippen MR) is 93.6 cm³/mol. The number of hydrogen-bond acceptors (Lipinski definition) is 2. The first-order valence-corrected chi connectivity index (χ1v) is 7.98. The fourth-order valence-corrected chi connectivity index (χ4v) is 2.32. The van der Waals surface area contributed by atoms with Gasteiger partial charge in [0.05, 0.1) is 0 Å². The molecule has 5 heteroatoms. The van der Waals surface area contributed by atoms with E-state index < -0.39 is 0 Å². The summed E-state index contributed by atoms with van der Waals surface area (Å²) in [4.78, 5) is 24.1. The minimum absolute atomic E-state index is 0.0184. The van der Waals surface area contributed by atoms with Crippen LogP contribution >= 0.6 is 0 Å². The number of aryl methyl sites for hydroxylation is 1. The number of rotatable bonds is 5. The van der Waals surface area contributed by atoms with E-state index >= 15 is 0 Å². The Bertz CT molecular complexity index is 729. The van der Waals surface area contributed by atoms with Gasteiger partial charge in [0.2, 0.25) is 5.91 Å². The minimum Gasteiger partial charge on any atom is -0.351 e. The van der Waals surface area contributed by atoms with E-state index in [1.807, 2.05) is 49.7 Å². The van der Waals surface area contributed by atoms with E-state index in [0.717, 1.165) is 16.6 Å². The second-order valence-electron chi connectivity index (χ2n) is 6.61. The Kier molecular flexibility index (Phi) is 5.08. The number of nitrogens with zero attached hydrogens (tertiary/aromatic N) is 1. The molecule has 2 N–H and O–H groups in total. The van der Waals surface area contributed by atoms with Crippen molar-refractivity contribution in [2.24, 2.45) is 18.9 Å². The van der Waals surface area contributed by atoms with Crippen molar-refractivity contribution in [2.45, 2.75) is 27.7 Å². The topological polar surface area (TPSA) is 63.1 Å². The standard InChI is InChI=1S/C18H25N3O2/c1-11(2)10-19-18(23)16-9-13-8-14(20-17(22)12(3)4)6-7-15(13)21(16)5/h6-9,11-12H,10H2,1-5H3,(H,19,23)(H,20,22). The summed E-state index contributed by atoms with van der Waals surface area (Å²) < 4.78 is 1.87. The molecule has 0 saturated heterocycles. The zero-order valence-corrected chi connectivity index (χ0v) is 14.4. The Hall–Kier alpha value is -2.30. The SMILES string of the molecule is CC(C)CNC(=O)c1cc2cc(NC(=O)C(C)C)ccc2n1C. The fourth-order valence-electron chi connectivity index (χ4n) is 2.32. The van der Waals surface area contributed by atoms with Gasteiger partial charge in [0.15, 0.2) is 0 Å². The molecule has 0 spiro atoms. The third-order valence-electron chi connectivity index (χ3n) is 3.74. The highest BCUT2D eigenvalue weighted by atomic mass is 16.2. The van der Waals surface area contributed by atoms with Crippen LogP contribution < -0.4 is 10.6 Å². The maximum absolute atomic E-state index is 12.3.